The summed E-state index contributed by atoms with van der Waals surface area (Å²) in [5.41, 5.74) is 1.64. The monoisotopic (exact) mass is 357 g/mol. The topological polar surface area (TPSA) is 35.1 Å². The Morgan fingerprint density at radius 1 is 1.33 bits per heavy atom. The Balaban J connectivity index is 1.87. The third-order valence-corrected chi connectivity index (χ3v) is 4.54. The van der Waals surface area contributed by atoms with Gasteiger partial charge in [-0.1, -0.05) is 25.7 Å². The molecule has 0 radical (unpaired) electrons. The number of benzene rings is 1. The van der Waals surface area contributed by atoms with Crippen LogP contribution in [0.5, 0.6) is 0 Å². The minimum absolute atomic E-state index is 0.218. The van der Waals surface area contributed by atoms with Crippen LogP contribution in [0, 0.1) is 9.49 Å². The van der Waals surface area contributed by atoms with Crippen molar-refractivity contribution in [2.45, 2.75) is 38.6 Å². The smallest absolute Gasteiger partial charge is 0.408 e. The van der Waals surface area contributed by atoms with Gasteiger partial charge in [0.1, 0.15) is 0 Å². The van der Waals surface area contributed by atoms with Gasteiger partial charge in [-0.2, -0.15) is 0 Å². The average molecular weight is 357 g/mol. The van der Waals surface area contributed by atoms with E-state index >= 15 is 0 Å². The molecule has 1 aromatic carbocycles. The fraction of sp³-hybridized carbons (Fsp3) is 0.500. The third kappa shape index (κ3) is 2.35. The molecule has 2 aromatic rings. The Hall–Kier alpha value is -0.780. The lowest BCUT2D eigenvalue weighted by molar-refractivity contribution is 0.433. The summed E-state index contributed by atoms with van der Waals surface area (Å²) in [6.45, 7) is 0.788. The molecule has 1 aromatic heterocycles. The molecular formula is C14H16INO2. The number of oxazole rings is 1. The maximum absolute atomic E-state index is 11.8. The number of hydrogen-bond donors (Lipinski definition) is 0. The molecular weight excluding hydrogens is 341 g/mol. The number of aromatic nitrogens is 1. The predicted molar refractivity (Wildman–Crippen MR) is 79.8 cm³/mol. The number of aryl methyl sites for hydroxylation is 1. The number of fused-ring (bicyclic) bond motifs is 1. The van der Waals surface area contributed by atoms with Crippen molar-refractivity contribution in [2.24, 2.45) is 5.92 Å². The van der Waals surface area contributed by atoms with Crippen LogP contribution < -0.4 is 5.76 Å². The Kier molecular flexibility index (Phi) is 3.46. The molecule has 4 heteroatoms. The molecule has 96 valence electrons. The van der Waals surface area contributed by atoms with E-state index in [2.05, 4.69) is 22.6 Å². The van der Waals surface area contributed by atoms with E-state index in [1.807, 2.05) is 18.2 Å². The van der Waals surface area contributed by atoms with Gasteiger partial charge >= 0.3 is 5.76 Å². The Labute approximate surface area is 119 Å². The lowest BCUT2D eigenvalue weighted by atomic mass is 10.0. The fourth-order valence-electron chi connectivity index (χ4n) is 2.86. The minimum Gasteiger partial charge on any atom is -0.408 e. The molecule has 1 saturated carbocycles. The highest BCUT2D eigenvalue weighted by Crippen LogP contribution is 2.28. The van der Waals surface area contributed by atoms with E-state index in [4.69, 9.17) is 4.42 Å². The summed E-state index contributed by atoms with van der Waals surface area (Å²) in [7, 11) is 0. The second-order valence-corrected chi connectivity index (χ2v) is 6.32. The molecule has 0 aliphatic heterocycles. The molecule has 0 atom stereocenters. The average Bonchev–Trinajstić information content (AvgIpc) is 2.94. The summed E-state index contributed by atoms with van der Waals surface area (Å²) >= 11 is 2.26. The van der Waals surface area contributed by atoms with Crippen LogP contribution in [0.2, 0.25) is 0 Å². The van der Waals surface area contributed by atoms with Crippen LogP contribution in [-0.4, -0.2) is 4.57 Å². The highest BCUT2D eigenvalue weighted by atomic mass is 127. The summed E-state index contributed by atoms with van der Waals surface area (Å²) < 4.78 is 8.20. The standard InChI is InChI=1S/C14H16INO2/c15-11-5-6-13-12(9-11)16(14(17)18-13)8-7-10-3-1-2-4-10/h5-6,9-10H,1-4,7-8H2. The van der Waals surface area contributed by atoms with Gasteiger partial charge in [-0.15, -0.1) is 0 Å². The summed E-state index contributed by atoms with van der Waals surface area (Å²) in [6.07, 6.45) is 6.44. The van der Waals surface area contributed by atoms with Crippen molar-refractivity contribution in [1.82, 2.24) is 4.57 Å². The highest BCUT2D eigenvalue weighted by Gasteiger charge is 2.16. The first-order valence-electron chi connectivity index (χ1n) is 6.53. The summed E-state index contributed by atoms with van der Waals surface area (Å²) in [5.74, 6) is 0.578. The number of hydrogen-bond acceptors (Lipinski definition) is 2. The quantitative estimate of drug-likeness (QED) is 0.784. The van der Waals surface area contributed by atoms with Gasteiger partial charge in [0.2, 0.25) is 0 Å². The molecule has 0 spiro atoms. The van der Waals surface area contributed by atoms with Crippen molar-refractivity contribution in [3.8, 4) is 0 Å². The first-order valence-corrected chi connectivity index (χ1v) is 7.61. The van der Waals surface area contributed by atoms with E-state index < -0.39 is 0 Å². The molecule has 0 bridgehead atoms. The van der Waals surface area contributed by atoms with E-state index in [-0.39, 0.29) is 5.76 Å². The van der Waals surface area contributed by atoms with Crippen LogP contribution in [0.15, 0.2) is 27.4 Å². The zero-order valence-electron chi connectivity index (χ0n) is 10.2. The Morgan fingerprint density at radius 2 is 2.11 bits per heavy atom. The molecule has 0 amide bonds. The molecule has 3 rings (SSSR count). The van der Waals surface area contributed by atoms with Crippen LogP contribution in [0.25, 0.3) is 11.1 Å². The SMILES string of the molecule is O=c1oc2ccc(I)cc2n1CCC1CCCC1. The second-order valence-electron chi connectivity index (χ2n) is 5.07. The van der Waals surface area contributed by atoms with E-state index in [1.165, 1.54) is 25.7 Å². The number of nitrogens with zero attached hydrogens (tertiary/aromatic N) is 1. The molecule has 0 N–H and O–H groups in total. The second kappa shape index (κ2) is 5.07. The molecule has 1 aliphatic rings. The lowest BCUT2D eigenvalue weighted by Gasteiger charge is -2.08. The fourth-order valence-corrected chi connectivity index (χ4v) is 3.33. The van der Waals surface area contributed by atoms with Crippen molar-refractivity contribution in [1.29, 1.82) is 0 Å². The predicted octanol–water partition coefficient (Wildman–Crippen LogP) is 3.78. The van der Waals surface area contributed by atoms with Gasteiger partial charge in [0, 0.05) is 10.1 Å². The zero-order chi connectivity index (χ0) is 12.5. The van der Waals surface area contributed by atoms with Gasteiger partial charge in [-0.3, -0.25) is 4.57 Å². The molecule has 1 fully saturated rings. The van der Waals surface area contributed by atoms with E-state index in [1.54, 1.807) is 4.57 Å². The summed E-state index contributed by atoms with van der Waals surface area (Å²) in [4.78, 5) is 11.8. The molecule has 18 heavy (non-hydrogen) atoms. The minimum atomic E-state index is -0.218. The van der Waals surface area contributed by atoms with Gasteiger partial charge in [0.15, 0.2) is 5.58 Å². The highest BCUT2D eigenvalue weighted by molar-refractivity contribution is 14.1. The van der Waals surface area contributed by atoms with Gasteiger partial charge in [0.05, 0.1) is 5.52 Å². The summed E-state index contributed by atoms with van der Waals surface area (Å²) in [5, 5.41) is 0. The molecule has 1 aliphatic carbocycles. The third-order valence-electron chi connectivity index (χ3n) is 3.87. The van der Waals surface area contributed by atoms with Crippen molar-refractivity contribution >= 4 is 33.7 Å². The van der Waals surface area contributed by atoms with E-state index in [9.17, 15) is 4.79 Å². The van der Waals surface area contributed by atoms with Crippen LogP contribution in [-0.2, 0) is 6.54 Å². The lowest BCUT2D eigenvalue weighted by Crippen LogP contribution is -2.15. The molecule has 1 heterocycles. The van der Waals surface area contributed by atoms with Crippen molar-refractivity contribution < 1.29 is 4.42 Å². The normalized spacial score (nSPS) is 16.7. The Bertz CT molecular complexity index is 608. The maximum Gasteiger partial charge on any atom is 0.419 e. The molecule has 3 nitrogen and oxygen atoms in total. The maximum atomic E-state index is 11.8. The van der Waals surface area contributed by atoms with Crippen molar-refractivity contribution in [3.63, 3.8) is 0 Å². The van der Waals surface area contributed by atoms with Gasteiger partial charge < -0.3 is 4.42 Å². The van der Waals surface area contributed by atoms with Crippen LogP contribution in [0.1, 0.15) is 32.1 Å². The van der Waals surface area contributed by atoms with E-state index in [0.29, 0.717) is 5.58 Å². The van der Waals surface area contributed by atoms with Crippen LogP contribution >= 0.6 is 22.6 Å². The van der Waals surface area contributed by atoms with Gasteiger partial charge in [-0.05, 0) is 53.1 Å². The van der Waals surface area contributed by atoms with Gasteiger partial charge in [-0.25, -0.2) is 4.79 Å². The van der Waals surface area contributed by atoms with Crippen molar-refractivity contribution in [3.05, 3.63) is 32.3 Å². The largest absolute Gasteiger partial charge is 0.419 e. The van der Waals surface area contributed by atoms with Crippen LogP contribution in [0.3, 0.4) is 0 Å². The Morgan fingerprint density at radius 3 is 2.89 bits per heavy atom. The molecule has 0 unspecified atom stereocenters. The van der Waals surface area contributed by atoms with Gasteiger partial charge in [0.25, 0.3) is 0 Å². The first kappa shape index (κ1) is 12.3. The van der Waals surface area contributed by atoms with Crippen LogP contribution in [0.4, 0.5) is 0 Å². The summed E-state index contributed by atoms with van der Waals surface area (Å²) in [6, 6.07) is 5.87. The zero-order valence-corrected chi connectivity index (χ0v) is 12.4. The molecule has 0 saturated heterocycles. The van der Waals surface area contributed by atoms with E-state index in [0.717, 1.165) is 28.0 Å². The number of rotatable bonds is 3. The number of halogens is 1. The first-order chi connectivity index (χ1) is 8.74. The van der Waals surface area contributed by atoms with Crippen molar-refractivity contribution in [2.75, 3.05) is 0 Å².